The molecule has 2 N–H and O–H groups in total. The summed E-state index contributed by atoms with van der Waals surface area (Å²) in [5.41, 5.74) is 5.01. The first kappa shape index (κ1) is 12.2. The molecule has 0 spiro atoms. The van der Waals surface area contributed by atoms with Crippen LogP contribution in [0.5, 0.6) is 0 Å². The fraction of sp³-hybridized carbons (Fsp3) is 0.750. The number of ether oxygens (including phenoxy) is 1. The van der Waals surface area contributed by atoms with Crippen molar-refractivity contribution in [2.24, 2.45) is 5.73 Å². The summed E-state index contributed by atoms with van der Waals surface area (Å²) in [5.74, 6) is -0.275. The quantitative estimate of drug-likeness (QED) is 0.380. The largest absolute Gasteiger partial charge is 0.369 e. The molecule has 1 aliphatic heterocycles. The number of primary amides is 1. The van der Waals surface area contributed by atoms with E-state index in [0.29, 0.717) is 18.6 Å². The first-order chi connectivity index (χ1) is 7.24. The van der Waals surface area contributed by atoms with E-state index in [0.717, 1.165) is 6.42 Å². The molecule has 3 nitrogen and oxygen atoms in total. The van der Waals surface area contributed by atoms with Gasteiger partial charge in [0.2, 0.25) is 5.91 Å². The van der Waals surface area contributed by atoms with Crippen molar-refractivity contribution in [1.82, 2.24) is 0 Å². The minimum atomic E-state index is -0.275. The molecule has 2 atom stereocenters. The minimum absolute atomic E-state index is 0.275. The molecule has 2 unspecified atom stereocenters. The molecule has 1 aliphatic rings. The van der Waals surface area contributed by atoms with Gasteiger partial charge >= 0.3 is 0 Å². The SMILES string of the molecule is CCCCCC1OC1C/C=C/CC(N)=O. The Bertz CT molecular complexity index is 226. The van der Waals surface area contributed by atoms with Gasteiger partial charge in [0.1, 0.15) is 0 Å². The highest BCUT2D eigenvalue weighted by Crippen LogP contribution is 2.30. The normalized spacial score (nSPS) is 24.6. The molecule has 0 bridgehead atoms. The Hall–Kier alpha value is -0.830. The van der Waals surface area contributed by atoms with Crippen LogP contribution in [-0.2, 0) is 9.53 Å². The van der Waals surface area contributed by atoms with E-state index in [1.54, 1.807) is 0 Å². The second kappa shape index (κ2) is 6.62. The molecular weight excluding hydrogens is 190 g/mol. The Kier molecular flexibility index (Phi) is 5.40. The maximum absolute atomic E-state index is 10.4. The van der Waals surface area contributed by atoms with Gasteiger partial charge in [0.05, 0.1) is 12.2 Å². The van der Waals surface area contributed by atoms with Crippen LogP contribution in [0.4, 0.5) is 0 Å². The predicted molar refractivity (Wildman–Crippen MR) is 60.4 cm³/mol. The molecule has 0 aromatic rings. The van der Waals surface area contributed by atoms with Gasteiger partial charge in [-0.05, 0) is 12.8 Å². The van der Waals surface area contributed by atoms with Gasteiger partial charge in [-0.1, -0.05) is 38.3 Å². The van der Waals surface area contributed by atoms with Crippen LogP contribution in [0.1, 0.15) is 45.4 Å². The number of hydrogen-bond donors (Lipinski definition) is 1. The molecule has 0 aromatic heterocycles. The smallest absolute Gasteiger partial charge is 0.221 e. The summed E-state index contributed by atoms with van der Waals surface area (Å²) >= 11 is 0. The Balaban J connectivity index is 1.97. The molecule has 1 heterocycles. The van der Waals surface area contributed by atoms with E-state index in [9.17, 15) is 4.79 Å². The van der Waals surface area contributed by atoms with Crippen LogP contribution in [0, 0.1) is 0 Å². The summed E-state index contributed by atoms with van der Waals surface area (Å²) in [6.45, 7) is 2.21. The molecule has 1 saturated heterocycles. The monoisotopic (exact) mass is 211 g/mol. The Morgan fingerprint density at radius 1 is 1.33 bits per heavy atom. The number of unbranched alkanes of at least 4 members (excludes halogenated alkanes) is 2. The van der Waals surface area contributed by atoms with Gasteiger partial charge in [0, 0.05) is 6.42 Å². The second-order valence-electron chi connectivity index (χ2n) is 4.09. The number of carbonyl (C=O) groups excluding carboxylic acids is 1. The van der Waals surface area contributed by atoms with Crippen molar-refractivity contribution in [3.63, 3.8) is 0 Å². The fourth-order valence-corrected chi connectivity index (χ4v) is 1.67. The lowest BCUT2D eigenvalue weighted by Gasteiger charge is -1.93. The highest BCUT2D eigenvalue weighted by Gasteiger charge is 2.36. The van der Waals surface area contributed by atoms with Crippen LogP contribution in [0.25, 0.3) is 0 Å². The van der Waals surface area contributed by atoms with Crippen LogP contribution < -0.4 is 5.73 Å². The molecule has 1 rings (SSSR count). The van der Waals surface area contributed by atoms with E-state index < -0.39 is 0 Å². The van der Waals surface area contributed by atoms with Gasteiger partial charge in [-0.2, -0.15) is 0 Å². The summed E-state index contributed by atoms with van der Waals surface area (Å²) < 4.78 is 5.50. The third-order valence-corrected chi connectivity index (χ3v) is 2.63. The zero-order valence-corrected chi connectivity index (χ0v) is 9.45. The number of rotatable bonds is 8. The van der Waals surface area contributed by atoms with Gasteiger partial charge in [-0.25, -0.2) is 0 Å². The minimum Gasteiger partial charge on any atom is -0.369 e. The lowest BCUT2D eigenvalue weighted by molar-refractivity contribution is -0.117. The molecule has 1 amide bonds. The van der Waals surface area contributed by atoms with Gasteiger partial charge in [-0.3, -0.25) is 4.79 Å². The Labute approximate surface area is 91.7 Å². The van der Waals surface area contributed by atoms with Gasteiger partial charge in [0.15, 0.2) is 0 Å². The van der Waals surface area contributed by atoms with Gasteiger partial charge in [0.25, 0.3) is 0 Å². The molecule has 0 radical (unpaired) electrons. The first-order valence-electron chi connectivity index (χ1n) is 5.82. The van der Waals surface area contributed by atoms with E-state index in [1.165, 1.54) is 25.7 Å². The molecular formula is C12H21NO2. The maximum Gasteiger partial charge on any atom is 0.221 e. The number of carbonyl (C=O) groups is 1. The lowest BCUT2D eigenvalue weighted by Crippen LogP contribution is -2.08. The predicted octanol–water partition coefficient (Wildman–Crippen LogP) is 2.16. The number of hydrogen-bond acceptors (Lipinski definition) is 2. The van der Waals surface area contributed by atoms with E-state index in [-0.39, 0.29) is 5.91 Å². The van der Waals surface area contributed by atoms with Crippen molar-refractivity contribution in [1.29, 1.82) is 0 Å². The van der Waals surface area contributed by atoms with Crippen molar-refractivity contribution >= 4 is 5.91 Å². The molecule has 86 valence electrons. The zero-order valence-electron chi connectivity index (χ0n) is 9.45. The second-order valence-corrected chi connectivity index (χ2v) is 4.09. The Morgan fingerprint density at radius 2 is 2.13 bits per heavy atom. The van der Waals surface area contributed by atoms with Gasteiger partial charge in [-0.15, -0.1) is 0 Å². The van der Waals surface area contributed by atoms with Crippen molar-refractivity contribution < 1.29 is 9.53 Å². The van der Waals surface area contributed by atoms with Crippen molar-refractivity contribution in [2.75, 3.05) is 0 Å². The summed E-state index contributed by atoms with van der Waals surface area (Å²) in [5, 5.41) is 0. The average molecular weight is 211 g/mol. The number of nitrogens with two attached hydrogens (primary N) is 1. The Morgan fingerprint density at radius 3 is 2.80 bits per heavy atom. The highest BCUT2D eigenvalue weighted by molar-refractivity contribution is 5.75. The van der Waals surface area contributed by atoms with E-state index in [1.807, 2.05) is 12.2 Å². The topological polar surface area (TPSA) is 55.6 Å². The fourth-order valence-electron chi connectivity index (χ4n) is 1.67. The van der Waals surface area contributed by atoms with E-state index in [2.05, 4.69) is 6.92 Å². The van der Waals surface area contributed by atoms with Crippen molar-refractivity contribution in [2.45, 2.75) is 57.7 Å². The summed E-state index contributed by atoms with van der Waals surface area (Å²) in [6, 6.07) is 0. The van der Waals surface area contributed by atoms with Crippen LogP contribution in [0.2, 0.25) is 0 Å². The highest BCUT2D eigenvalue weighted by atomic mass is 16.6. The lowest BCUT2D eigenvalue weighted by atomic mass is 10.1. The number of epoxide rings is 1. The van der Waals surface area contributed by atoms with Crippen molar-refractivity contribution in [3.05, 3.63) is 12.2 Å². The van der Waals surface area contributed by atoms with Crippen LogP contribution in [0.15, 0.2) is 12.2 Å². The summed E-state index contributed by atoms with van der Waals surface area (Å²) in [6.07, 6.45) is 10.9. The third-order valence-electron chi connectivity index (χ3n) is 2.63. The van der Waals surface area contributed by atoms with E-state index in [4.69, 9.17) is 10.5 Å². The third kappa shape index (κ3) is 5.57. The molecule has 3 heteroatoms. The molecule has 0 aromatic carbocycles. The zero-order chi connectivity index (χ0) is 11.1. The maximum atomic E-state index is 10.4. The van der Waals surface area contributed by atoms with Gasteiger partial charge < -0.3 is 10.5 Å². The summed E-state index contributed by atoms with van der Waals surface area (Å²) in [4.78, 5) is 10.4. The molecule has 15 heavy (non-hydrogen) atoms. The molecule has 0 saturated carbocycles. The van der Waals surface area contributed by atoms with Crippen LogP contribution in [0.3, 0.4) is 0 Å². The van der Waals surface area contributed by atoms with Crippen molar-refractivity contribution in [3.8, 4) is 0 Å². The van der Waals surface area contributed by atoms with E-state index >= 15 is 0 Å². The molecule has 1 fully saturated rings. The standard InChI is InChI=1S/C12H21NO2/c1-2-3-4-7-10-11(15-10)8-5-6-9-12(13)14/h5-6,10-11H,2-4,7-9H2,1H3,(H2,13,14)/b6-5+. The van der Waals surface area contributed by atoms with Crippen LogP contribution in [-0.4, -0.2) is 18.1 Å². The number of amides is 1. The summed E-state index contributed by atoms with van der Waals surface area (Å²) in [7, 11) is 0. The van der Waals surface area contributed by atoms with Crippen LogP contribution >= 0.6 is 0 Å². The molecule has 0 aliphatic carbocycles. The first-order valence-corrected chi connectivity index (χ1v) is 5.82. The average Bonchev–Trinajstić information content (AvgIpc) is 2.92.